The van der Waals surface area contributed by atoms with E-state index < -0.39 is 10.0 Å². The topological polar surface area (TPSA) is 96.0 Å². The van der Waals surface area contributed by atoms with Gasteiger partial charge in [0.25, 0.3) is 0 Å². The summed E-state index contributed by atoms with van der Waals surface area (Å²) < 4.78 is 25.8. The molecular weight excluding hydrogens is 266 g/mol. The number of rotatable bonds is 5. The number of aryl methyl sites for hydroxylation is 1. The zero-order chi connectivity index (χ0) is 14.6. The number of hydrogen-bond donors (Lipinski definition) is 2. The van der Waals surface area contributed by atoms with Crippen molar-refractivity contribution < 1.29 is 13.6 Å². The first kappa shape index (κ1) is 15.5. The van der Waals surface area contributed by atoms with Crippen LogP contribution in [-0.4, -0.2) is 37.4 Å². The Morgan fingerprint density at radius 3 is 2.68 bits per heavy atom. The number of hydrogen-bond acceptors (Lipinski definition) is 4. The van der Waals surface area contributed by atoms with Crippen molar-refractivity contribution in [2.24, 2.45) is 16.8 Å². The smallest absolute Gasteiger partial charge is 0.242 e. The molecule has 0 radical (unpaired) electrons. The van der Waals surface area contributed by atoms with Gasteiger partial charge < -0.3 is 10.9 Å². The molecular formula is C12H19N3O3S. The van der Waals surface area contributed by atoms with Crippen LogP contribution in [0.2, 0.25) is 0 Å². The number of nitrogens with zero attached hydrogens (tertiary/aromatic N) is 2. The lowest BCUT2D eigenvalue weighted by molar-refractivity contribution is 0.312. The third-order valence-corrected chi connectivity index (χ3v) is 4.67. The highest BCUT2D eigenvalue weighted by atomic mass is 32.2. The Morgan fingerprint density at radius 2 is 2.16 bits per heavy atom. The molecule has 0 fully saturated rings. The summed E-state index contributed by atoms with van der Waals surface area (Å²) in [5, 5.41) is 11.5. The van der Waals surface area contributed by atoms with Crippen LogP contribution in [-0.2, 0) is 10.0 Å². The number of benzene rings is 1. The van der Waals surface area contributed by atoms with E-state index in [1.807, 2.05) is 13.0 Å². The first-order chi connectivity index (χ1) is 8.78. The van der Waals surface area contributed by atoms with E-state index in [-0.39, 0.29) is 23.2 Å². The minimum absolute atomic E-state index is 0.00583. The van der Waals surface area contributed by atoms with E-state index in [4.69, 9.17) is 10.9 Å². The molecule has 3 N–H and O–H groups in total. The Morgan fingerprint density at radius 1 is 1.53 bits per heavy atom. The molecule has 0 spiro atoms. The first-order valence-electron chi connectivity index (χ1n) is 5.79. The number of sulfonamides is 1. The van der Waals surface area contributed by atoms with Gasteiger partial charge in [0, 0.05) is 19.5 Å². The van der Waals surface area contributed by atoms with Crippen LogP contribution >= 0.6 is 0 Å². The minimum atomic E-state index is -3.56. The van der Waals surface area contributed by atoms with E-state index in [9.17, 15) is 8.42 Å². The lowest BCUT2D eigenvalue weighted by Crippen LogP contribution is -2.36. The summed E-state index contributed by atoms with van der Waals surface area (Å²) >= 11 is 0. The molecule has 7 heteroatoms. The molecule has 0 bridgehead atoms. The Hall–Kier alpha value is -1.60. The van der Waals surface area contributed by atoms with E-state index in [1.54, 1.807) is 25.1 Å². The predicted octanol–water partition coefficient (Wildman–Crippen LogP) is 0.998. The first-order valence-corrected chi connectivity index (χ1v) is 7.23. The largest absolute Gasteiger partial charge is 0.409 e. The van der Waals surface area contributed by atoms with E-state index >= 15 is 0 Å². The third-order valence-electron chi connectivity index (χ3n) is 2.85. The molecule has 0 amide bonds. The van der Waals surface area contributed by atoms with Gasteiger partial charge >= 0.3 is 0 Å². The van der Waals surface area contributed by atoms with Crippen LogP contribution in [0.15, 0.2) is 34.3 Å². The molecule has 19 heavy (non-hydrogen) atoms. The molecule has 1 rings (SSSR count). The van der Waals surface area contributed by atoms with Crippen molar-refractivity contribution in [3.8, 4) is 0 Å². The number of nitrogens with two attached hydrogens (primary N) is 1. The van der Waals surface area contributed by atoms with E-state index in [1.165, 1.54) is 11.4 Å². The maximum Gasteiger partial charge on any atom is 0.242 e. The van der Waals surface area contributed by atoms with Gasteiger partial charge in [0.2, 0.25) is 10.0 Å². The fraction of sp³-hybridized carbons (Fsp3) is 0.417. The number of amidine groups is 1. The van der Waals surface area contributed by atoms with Gasteiger partial charge in [-0.3, -0.25) is 0 Å². The van der Waals surface area contributed by atoms with Crippen molar-refractivity contribution in [2.75, 3.05) is 13.6 Å². The van der Waals surface area contributed by atoms with Gasteiger partial charge in [-0.25, -0.2) is 12.7 Å². The van der Waals surface area contributed by atoms with Crippen LogP contribution in [0.25, 0.3) is 0 Å². The number of oxime groups is 1. The summed E-state index contributed by atoms with van der Waals surface area (Å²) in [6.45, 7) is 3.67. The van der Waals surface area contributed by atoms with Crippen molar-refractivity contribution in [3.05, 3.63) is 29.8 Å². The summed E-state index contributed by atoms with van der Waals surface area (Å²) in [5.41, 5.74) is 6.32. The summed E-state index contributed by atoms with van der Waals surface area (Å²) in [6, 6.07) is 6.69. The van der Waals surface area contributed by atoms with Crippen LogP contribution in [0.5, 0.6) is 0 Å². The quantitative estimate of drug-likeness (QED) is 0.365. The fourth-order valence-electron chi connectivity index (χ4n) is 1.63. The van der Waals surface area contributed by atoms with Gasteiger partial charge in [-0.2, -0.15) is 0 Å². The van der Waals surface area contributed by atoms with Gasteiger partial charge in [-0.15, -0.1) is 0 Å². The van der Waals surface area contributed by atoms with Crippen molar-refractivity contribution in [2.45, 2.75) is 18.7 Å². The van der Waals surface area contributed by atoms with E-state index in [0.29, 0.717) is 0 Å². The monoisotopic (exact) mass is 285 g/mol. The van der Waals surface area contributed by atoms with Gasteiger partial charge in [-0.1, -0.05) is 24.2 Å². The molecule has 0 heterocycles. The standard InChI is InChI=1S/C12H19N3O3S/c1-9-5-4-6-11(7-9)19(17,18)15(3)8-10(2)12(13)14-16/h4-7,10,16H,8H2,1-3H3,(H2,13,14). The normalized spacial score (nSPS) is 14.6. The second-order valence-electron chi connectivity index (χ2n) is 4.53. The van der Waals surface area contributed by atoms with Crippen LogP contribution < -0.4 is 5.73 Å². The maximum absolute atomic E-state index is 12.3. The summed E-state index contributed by atoms with van der Waals surface area (Å²) in [7, 11) is -2.09. The van der Waals surface area contributed by atoms with Gasteiger partial charge in [0.1, 0.15) is 5.84 Å². The molecule has 1 atom stereocenters. The Labute approximate surface area is 113 Å². The summed E-state index contributed by atoms with van der Waals surface area (Å²) in [6.07, 6.45) is 0. The van der Waals surface area contributed by atoms with Gasteiger partial charge in [0.05, 0.1) is 4.90 Å². The Kier molecular flexibility index (Phi) is 4.90. The fourth-order valence-corrected chi connectivity index (χ4v) is 3.00. The predicted molar refractivity (Wildman–Crippen MR) is 73.6 cm³/mol. The Balaban J connectivity index is 2.95. The van der Waals surface area contributed by atoms with Crippen LogP contribution in [0.4, 0.5) is 0 Å². The van der Waals surface area contributed by atoms with Gasteiger partial charge in [0.15, 0.2) is 0 Å². The second kappa shape index (κ2) is 6.03. The molecule has 106 valence electrons. The van der Waals surface area contributed by atoms with Crippen molar-refractivity contribution in [1.29, 1.82) is 0 Å². The highest BCUT2D eigenvalue weighted by Gasteiger charge is 2.23. The van der Waals surface area contributed by atoms with E-state index in [2.05, 4.69) is 5.16 Å². The minimum Gasteiger partial charge on any atom is -0.409 e. The van der Waals surface area contributed by atoms with Crippen LogP contribution in [0.1, 0.15) is 12.5 Å². The molecule has 0 aliphatic rings. The molecule has 0 saturated heterocycles. The Bertz CT molecular complexity index is 569. The zero-order valence-corrected chi connectivity index (χ0v) is 12.1. The average molecular weight is 285 g/mol. The SMILES string of the molecule is Cc1cccc(S(=O)(=O)N(C)CC(C)C(N)=NO)c1. The molecule has 6 nitrogen and oxygen atoms in total. The molecule has 1 unspecified atom stereocenters. The van der Waals surface area contributed by atoms with Crippen molar-refractivity contribution in [1.82, 2.24) is 4.31 Å². The molecule has 1 aromatic carbocycles. The van der Waals surface area contributed by atoms with Crippen molar-refractivity contribution in [3.63, 3.8) is 0 Å². The van der Waals surface area contributed by atoms with Gasteiger partial charge in [-0.05, 0) is 24.6 Å². The summed E-state index contributed by atoms with van der Waals surface area (Å²) in [5.74, 6) is -0.360. The molecule has 0 aliphatic heterocycles. The second-order valence-corrected chi connectivity index (χ2v) is 6.57. The van der Waals surface area contributed by atoms with E-state index in [0.717, 1.165) is 5.56 Å². The van der Waals surface area contributed by atoms with Crippen molar-refractivity contribution >= 4 is 15.9 Å². The summed E-state index contributed by atoms with van der Waals surface area (Å²) in [4.78, 5) is 0.238. The molecule has 1 aromatic rings. The lowest BCUT2D eigenvalue weighted by atomic mass is 10.2. The third kappa shape index (κ3) is 3.68. The average Bonchev–Trinajstić information content (AvgIpc) is 2.37. The highest BCUT2D eigenvalue weighted by Crippen LogP contribution is 2.16. The molecule has 0 aromatic heterocycles. The van der Waals surface area contributed by atoms with Crippen LogP contribution in [0.3, 0.4) is 0 Å². The zero-order valence-electron chi connectivity index (χ0n) is 11.2. The highest BCUT2D eigenvalue weighted by molar-refractivity contribution is 7.89. The lowest BCUT2D eigenvalue weighted by Gasteiger charge is -2.20. The maximum atomic E-state index is 12.3. The van der Waals surface area contributed by atoms with Crippen LogP contribution in [0, 0.1) is 12.8 Å². The molecule has 0 saturated carbocycles. The molecule has 0 aliphatic carbocycles.